The Balaban J connectivity index is 1.90. The molecule has 1 aliphatic heterocycles. The van der Waals surface area contributed by atoms with E-state index in [0.29, 0.717) is 12.3 Å². The van der Waals surface area contributed by atoms with Crippen molar-refractivity contribution >= 4 is 5.91 Å². The summed E-state index contributed by atoms with van der Waals surface area (Å²) in [5.41, 5.74) is 7.18. The zero-order valence-electron chi connectivity index (χ0n) is 11.0. The number of likely N-dealkylation sites (tertiary alicyclic amines) is 1. The molecule has 0 aromatic heterocycles. The molecule has 0 saturated carbocycles. The van der Waals surface area contributed by atoms with Crippen LogP contribution in [0, 0.1) is 0 Å². The van der Waals surface area contributed by atoms with Gasteiger partial charge in [-0.15, -0.1) is 0 Å². The lowest BCUT2D eigenvalue weighted by Gasteiger charge is -2.18. The highest BCUT2D eigenvalue weighted by Gasteiger charge is 2.27. The number of carbonyl (C=O) groups excluding carboxylic acids is 1. The SMILES string of the molecule is CCC(N)CC(=O)N1CCC(c2ccccc2)C1. The topological polar surface area (TPSA) is 46.3 Å². The van der Waals surface area contributed by atoms with Gasteiger partial charge in [-0.05, 0) is 18.4 Å². The van der Waals surface area contributed by atoms with Gasteiger partial charge in [0.05, 0.1) is 0 Å². The summed E-state index contributed by atoms with van der Waals surface area (Å²) in [5.74, 6) is 0.704. The first-order valence-corrected chi connectivity index (χ1v) is 6.79. The molecule has 1 fully saturated rings. The quantitative estimate of drug-likeness (QED) is 0.884. The number of nitrogens with zero attached hydrogens (tertiary/aromatic N) is 1. The molecule has 3 heteroatoms. The number of amides is 1. The molecule has 0 spiro atoms. The normalized spacial score (nSPS) is 21.0. The van der Waals surface area contributed by atoms with Crippen molar-refractivity contribution in [3.05, 3.63) is 35.9 Å². The van der Waals surface area contributed by atoms with E-state index >= 15 is 0 Å². The first-order chi connectivity index (χ1) is 8.70. The lowest BCUT2D eigenvalue weighted by atomic mass is 9.99. The van der Waals surface area contributed by atoms with Gasteiger partial charge in [0.25, 0.3) is 0 Å². The summed E-state index contributed by atoms with van der Waals surface area (Å²) < 4.78 is 0. The third kappa shape index (κ3) is 3.10. The molecule has 2 N–H and O–H groups in total. The molecular formula is C15H22N2O. The minimum absolute atomic E-state index is 0.00766. The van der Waals surface area contributed by atoms with E-state index in [2.05, 4.69) is 24.3 Å². The number of benzene rings is 1. The molecule has 1 aromatic rings. The fourth-order valence-corrected chi connectivity index (χ4v) is 2.48. The van der Waals surface area contributed by atoms with E-state index in [1.165, 1.54) is 5.56 Å². The second-order valence-electron chi connectivity index (χ2n) is 5.11. The van der Waals surface area contributed by atoms with Crippen LogP contribution >= 0.6 is 0 Å². The van der Waals surface area contributed by atoms with E-state index in [1.54, 1.807) is 0 Å². The third-order valence-corrected chi connectivity index (χ3v) is 3.77. The zero-order chi connectivity index (χ0) is 13.0. The van der Waals surface area contributed by atoms with Crippen molar-refractivity contribution in [3.63, 3.8) is 0 Å². The van der Waals surface area contributed by atoms with Crippen LogP contribution in [-0.2, 0) is 4.79 Å². The summed E-state index contributed by atoms with van der Waals surface area (Å²) in [4.78, 5) is 14.0. The fourth-order valence-electron chi connectivity index (χ4n) is 2.48. The van der Waals surface area contributed by atoms with Gasteiger partial charge in [0.1, 0.15) is 0 Å². The van der Waals surface area contributed by atoms with Crippen molar-refractivity contribution in [3.8, 4) is 0 Å². The highest BCUT2D eigenvalue weighted by Crippen LogP contribution is 2.27. The molecule has 3 nitrogen and oxygen atoms in total. The van der Waals surface area contributed by atoms with Gasteiger partial charge in [-0.25, -0.2) is 0 Å². The van der Waals surface area contributed by atoms with Crippen molar-refractivity contribution in [1.82, 2.24) is 4.90 Å². The van der Waals surface area contributed by atoms with Crippen molar-refractivity contribution in [2.45, 2.75) is 38.1 Å². The summed E-state index contributed by atoms with van der Waals surface area (Å²) in [6, 6.07) is 10.5. The Hall–Kier alpha value is -1.35. The van der Waals surface area contributed by atoms with Crippen LogP contribution in [0.5, 0.6) is 0 Å². The van der Waals surface area contributed by atoms with Gasteiger partial charge in [-0.1, -0.05) is 37.3 Å². The molecule has 18 heavy (non-hydrogen) atoms. The Kier molecular flexibility index (Phi) is 4.37. The molecule has 1 saturated heterocycles. The van der Waals surface area contributed by atoms with Crippen molar-refractivity contribution in [2.75, 3.05) is 13.1 Å². The van der Waals surface area contributed by atoms with Crippen LogP contribution in [0.25, 0.3) is 0 Å². The van der Waals surface area contributed by atoms with Crippen LogP contribution < -0.4 is 5.73 Å². The van der Waals surface area contributed by atoms with Crippen LogP contribution in [0.4, 0.5) is 0 Å². The molecular weight excluding hydrogens is 224 g/mol. The Bertz CT molecular complexity index is 391. The van der Waals surface area contributed by atoms with Crippen molar-refractivity contribution in [2.24, 2.45) is 5.73 Å². The van der Waals surface area contributed by atoms with E-state index in [-0.39, 0.29) is 11.9 Å². The molecule has 1 aromatic carbocycles. The number of hydrogen-bond acceptors (Lipinski definition) is 2. The number of nitrogens with two attached hydrogens (primary N) is 1. The van der Waals surface area contributed by atoms with Gasteiger partial charge in [0, 0.05) is 31.5 Å². The van der Waals surface area contributed by atoms with Crippen molar-refractivity contribution in [1.29, 1.82) is 0 Å². The average molecular weight is 246 g/mol. The summed E-state index contributed by atoms with van der Waals surface area (Å²) in [6.45, 7) is 3.74. The Morgan fingerprint density at radius 1 is 1.44 bits per heavy atom. The molecule has 0 bridgehead atoms. The largest absolute Gasteiger partial charge is 0.342 e. The van der Waals surface area contributed by atoms with Crippen LogP contribution in [0.2, 0.25) is 0 Å². The van der Waals surface area contributed by atoms with Gasteiger partial charge in [-0.2, -0.15) is 0 Å². The first kappa shape index (κ1) is 13.1. The lowest BCUT2D eigenvalue weighted by Crippen LogP contribution is -2.34. The molecule has 2 rings (SSSR count). The highest BCUT2D eigenvalue weighted by atomic mass is 16.2. The van der Waals surface area contributed by atoms with Gasteiger partial charge in [0.15, 0.2) is 0 Å². The van der Waals surface area contributed by atoms with Crippen LogP contribution in [0.15, 0.2) is 30.3 Å². The van der Waals surface area contributed by atoms with Gasteiger partial charge in [0.2, 0.25) is 5.91 Å². The van der Waals surface area contributed by atoms with E-state index in [0.717, 1.165) is 25.9 Å². The van der Waals surface area contributed by atoms with Crippen LogP contribution in [0.1, 0.15) is 37.7 Å². The molecule has 1 aliphatic rings. The fraction of sp³-hybridized carbons (Fsp3) is 0.533. The Labute approximate surface area is 109 Å². The number of hydrogen-bond donors (Lipinski definition) is 1. The minimum atomic E-state index is 0.00766. The summed E-state index contributed by atoms with van der Waals surface area (Å²) in [6.07, 6.45) is 2.41. The van der Waals surface area contributed by atoms with E-state index in [1.807, 2.05) is 17.9 Å². The monoisotopic (exact) mass is 246 g/mol. The second kappa shape index (κ2) is 6.01. The standard InChI is InChI=1S/C15H22N2O/c1-2-14(16)10-15(18)17-9-8-13(11-17)12-6-4-3-5-7-12/h3-7,13-14H,2,8-11,16H2,1H3. The molecule has 0 aliphatic carbocycles. The summed E-state index contributed by atoms with van der Waals surface area (Å²) >= 11 is 0. The van der Waals surface area contributed by atoms with Gasteiger partial charge in [-0.3, -0.25) is 4.79 Å². The van der Waals surface area contributed by atoms with Crippen LogP contribution in [-0.4, -0.2) is 29.9 Å². The molecule has 1 heterocycles. The zero-order valence-corrected chi connectivity index (χ0v) is 11.0. The number of carbonyl (C=O) groups is 1. The Morgan fingerprint density at radius 2 is 2.17 bits per heavy atom. The second-order valence-corrected chi connectivity index (χ2v) is 5.11. The molecule has 2 atom stereocenters. The number of rotatable bonds is 4. The maximum Gasteiger partial charge on any atom is 0.224 e. The smallest absolute Gasteiger partial charge is 0.224 e. The molecule has 98 valence electrons. The minimum Gasteiger partial charge on any atom is -0.342 e. The van der Waals surface area contributed by atoms with Crippen molar-refractivity contribution < 1.29 is 4.79 Å². The predicted molar refractivity (Wildman–Crippen MR) is 73.3 cm³/mol. The predicted octanol–water partition coefficient (Wildman–Crippen LogP) is 2.13. The summed E-state index contributed by atoms with van der Waals surface area (Å²) in [7, 11) is 0. The molecule has 0 radical (unpaired) electrons. The molecule has 2 unspecified atom stereocenters. The lowest BCUT2D eigenvalue weighted by molar-refractivity contribution is -0.130. The molecule has 1 amide bonds. The van der Waals surface area contributed by atoms with E-state index < -0.39 is 0 Å². The Morgan fingerprint density at radius 3 is 2.83 bits per heavy atom. The van der Waals surface area contributed by atoms with Crippen LogP contribution in [0.3, 0.4) is 0 Å². The van der Waals surface area contributed by atoms with Gasteiger partial charge < -0.3 is 10.6 Å². The average Bonchev–Trinajstić information content (AvgIpc) is 2.89. The van der Waals surface area contributed by atoms with E-state index in [4.69, 9.17) is 5.73 Å². The van der Waals surface area contributed by atoms with E-state index in [9.17, 15) is 4.79 Å². The maximum atomic E-state index is 12.0. The third-order valence-electron chi connectivity index (χ3n) is 3.77. The maximum absolute atomic E-state index is 12.0. The highest BCUT2D eigenvalue weighted by molar-refractivity contribution is 5.77. The first-order valence-electron chi connectivity index (χ1n) is 6.79. The van der Waals surface area contributed by atoms with Gasteiger partial charge >= 0.3 is 0 Å². The summed E-state index contributed by atoms with van der Waals surface area (Å²) in [5, 5.41) is 0.